The Morgan fingerprint density at radius 3 is 2.54 bits per heavy atom. The summed E-state index contributed by atoms with van der Waals surface area (Å²) < 4.78 is 4.77. The standard InChI is InChI=1S/C20H21NO3/c1-24-19(22)12-18(13-5-3-2-4-6-13)20(23)15-8-7-14-10-17(21)11-16(14)9-15/h2-9,17-18H,10-12,21H2,1H3. The molecule has 0 amide bonds. The number of rotatable bonds is 5. The van der Waals surface area contributed by atoms with E-state index in [2.05, 4.69) is 0 Å². The minimum Gasteiger partial charge on any atom is -0.469 e. The quantitative estimate of drug-likeness (QED) is 0.678. The van der Waals surface area contributed by atoms with E-state index in [4.69, 9.17) is 10.5 Å². The van der Waals surface area contributed by atoms with Gasteiger partial charge in [0.1, 0.15) is 0 Å². The van der Waals surface area contributed by atoms with E-state index in [0.717, 1.165) is 24.0 Å². The number of fused-ring (bicyclic) bond motifs is 1. The molecule has 2 N–H and O–H groups in total. The van der Waals surface area contributed by atoms with Crippen LogP contribution in [-0.4, -0.2) is 24.9 Å². The highest BCUT2D eigenvalue weighted by Gasteiger charge is 2.27. The number of hydrogen-bond donors (Lipinski definition) is 1. The first-order chi connectivity index (χ1) is 11.6. The molecule has 1 aliphatic carbocycles. The van der Waals surface area contributed by atoms with Crippen molar-refractivity contribution < 1.29 is 14.3 Å². The van der Waals surface area contributed by atoms with Gasteiger partial charge in [0, 0.05) is 11.6 Å². The van der Waals surface area contributed by atoms with Crippen molar-refractivity contribution >= 4 is 11.8 Å². The number of carbonyl (C=O) groups excluding carboxylic acids is 2. The molecule has 2 aromatic carbocycles. The van der Waals surface area contributed by atoms with Crippen LogP contribution in [-0.2, 0) is 22.4 Å². The third-order valence-corrected chi connectivity index (χ3v) is 4.57. The van der Waals surface area contributed by atoms with Crippen LogP contribution in [0.15, 0.2) is 48.5 Å². The zero-order valence-electron chi connectivity index (χ0n) is 13.7. The average Bonchev–Trinajstić information content (AvgIpc) is 2.98. The summed E-state index contributed by atoms with van der Waals surface area (Å²) >= 11 is 0. The predicted octanol–water partition coefficient (Wildman–Crippen LogP) is 2.64. The van der Waals surface area contributed by atoms with Gasteiger partial charge in [-0.25, -0.2) is 0 Å². The van der Waals surface area contributed by atoms with Gasteiger partial charge in [0.05, 0.1) is 19.4 Å². The molecule has 0 fully saturated rings. The summed E-state index contributed by atoms with van der Waals surface area (Å²) in [7, 11) is 1.34. The fourth-order valence-electron chi connectivity index (χ4n) is 3.30. The molecule has 0 spiro atoms. The van der Waals surface area contributed by atoms with Crippen molar-refractivity contribution in [3.8, 4) is 0 Å². The number of esters is 1. The van der Waals surface area contributed by atoms with Crippen LogP contribution in [0, 0.1) is 0 Å². The maximum Gasteiger partial charge on any atom is 0.306 e. The van der Waals surface area contributed by atoms with Gasteiger partial charge in [-0.2, -0.15) is 0 Å². The Labute approximate surface area is 141 Å². The SMILES string of the molecule is COC(=O)CC(C(=O)c1ccc2c(c1)CC(N)C2)c1ccccc1. The molecule has 0 saturated carbocycles. The number of ketones is 1. The number of hydrogen-bond acceptors (Lipinski definition) is 4. The molecule has 0 radical (unpaired) electrons. The Morgan fingerprint density at radius 2 is 1.83 bits per heavy atom. The molecule has 2 aromatic rings. The number of benzene rings is 2. The van der Waals surface area contributed by atoms with Crippen molar-refractivity contribution in [2.45, 2.75) is 31.2 Å². The predicted molar refractivity (Wildman–Crippen MR) is 92.0 cm³/mol. The first kappa shape index (κ1) is 16.4. The lowest BCUT2D eigenvalue weighted by atomic mass is 9.87. The highest BCUT2D eigenvalue weighted by Crippen LogP contribution is 2.28. The molecule has 24 heavy (non-hydrogen) atoms. The van der Waals surface area contributed by atoms with Gasteiger partial charge in [0.2, 0.25) is 0 Å². The summed E-state index contributed by atoms with van der Waals surface area (Å²) in [5, 5.41) is 0. The first-order valence-corrected chi connectivity index (χ1v) is 8.12. The van der Waals surface area contributed by atoms with E-state index in [9.17, 15) is 9.59 Å². The van der Waals surface area contributed by atoms with Gasteiger partial charge >= 0.3 is 5.97 Å². The van der Waals surface area contributed by atoms with Gasteiger partial charge in [0.15, 0.2) is 5.78 Å². The van der Waals surface area contributed by atoms with E-state index in [-0.39, 0.29) is 24.2 Å². The average molecular weight is 323 g/mol. The Morgan fingerprint density at radius 1 is 1.12 bits per heavy atom. The van der Waals surface area contributed by atoms with Crippen LogP contribution < -0.4 is 5.73 Å². The Bertz CT molecular complexity index is 755. The normalized spacial score (nSPS) is 17.2. The molecule has 124 valence electrons. The molecule has 0 aliphatic heterocycles. The Kier molecular flexibility index (Phi) is 4.76. The number of methoxy groups -OCH3 is 1. The second kappa shape index (κ2) is 6.97. The molecule has 3 rings (SSSR count). The van der Waals surface area contributed by atoms with Crippen LogP contribution in [0.25, 0.3) is 0 Å². The van der Waals surface area contributed by atoms with E-state index >= 15 is 0 Å². The van der Waals surface area contributed by atoms with Crippen molar-refractivity contribution in [1.29, 1.82) is 0 Å². The van der Waals surface area contributed by atoms with Gasteiger partial charge < -0.3 is 10.5 Å². The monoisotopic (exact) mass is 323 g/mol. The number of ether oxygens (including phenoxy) is 1. The van der Waals surface area contributed by atoms with Crippen molar-refractivity contribution in [3.63, 3.8) is 0 Å². The molecule has 2 unspecified atom stereocenters. The van der Waals surface area contributed by atoms with Gasteiger partial charge in [0.25, 0.3) is 0 Å². The minimum atomic E-state index is -0.535. The van der Waals surface area contributed by atoms with Crippen molar-refractivity contribution in [3.05, 3.63) is 70.8 Å². The van der Waals surface area contributed by atoms with Crippen molar-refractivity contribution in [1.82, 2.24) is 0 Å². The lowest BCUT2D eigenvalue weighted by molar-refractivity contribution is -0.140. The van der Waals surface area contributed by atoms with Crippen molar-refractivity contribution in [2.75, 3.05) is 7.11 Å². The second-order valence-electron chi connectivity index (χ2n) is 6.26. The summed E-state index contributed by atoms with van der Waals surface area (Å²) in [6, 6.07) is 15.2. The summed E-state index contributed by atoms with van der Waals surface area (Å²) in [6.07, 6.45) is 1.69. The Balaban J connectivity index is 1.91. The fourth-order valence-corrected chi connectivity index (χ4v) is 3.30. The van der Waals surface area contributed by atoms with E-state index in [1.165, 1.54) is 12.7 Å². The molecule has 4 nitrogen and oxygen atoms in total. The van der Waals surface area contributed by atoms with Crippen molar-refractivity contribution in [2.24, 2.45) is 5.73 Å². The van der Waals surface area contributed by atoms with Crippen LogP contribution in [0.4, 0.5) is 0 Å². The van der Waals surface area contributed by atoms with Gasteiger partial charge in [-0.1, -0.05) is 42.5 Å². The third kappa shape index (κ3) is 3.39. The molecular weight excluding hydrogens is 302 g/mol. The lowest BCUT2D eigenvalue weighted by Gasteiger charge is -2.16. The summed E-state index contributed by atoms with van der Waals surface area (Å²) in [6.45, 7) is 0. The first-order valence-electron chi connectivity index (χ1n) is 8.12. The summed E-state index contributed by atoms with van der Waals surface area (Å²) in [5.74, 6) is -0.984. The molecule has 0 aromatic heterocycles. The molecular formula is C20H21NO3. The Hall–Kier alpha value is -2.46. The van der Waals surface area contributed by atoms with Crippen LogP contribution in [0.2, 0.25) is 0 Å². The molecule has 1 aliphatic rings. The van der Waals surface area contributed by atoms with Crippen LogP contribution in [0.5, 0.6) is 0 Å². The minimum absolute atomic E-state index is 0.0376. The zero-order valence-corrected chi connectivity index (χ0v) is 13.7. The fraction of sp³-hybridized carbons (Fsp3) is 0.300. The van der Waals surface area contributed by atoms with E-state index in [0.29, 0.717) is 5.56 Å². The smallest absolute Gasteiger partial charge is 0.306 e. The van der Waals surface area contributed by atoms with Crippen LogP contribution >= 0.6 is 0 Å². The highest BCUT2D eigenvalue weighted by molar-refractivity contribution is 6.03. The van der Waals surface area contributed by atoms with E-state index in [1.54, 1.807) is 0 Å². The largest absolute Gasteiger partial charge is 0.469 e. The molecule has 0 saturated heterocycles. The molecule has 0 heterocycles. The maximum atomic E-state index is 13.0. The summed E-state index contributed by atoms with van der Waals surface area (Å²) in [4.78, 5) is 24.8. The van der Waals surface area contributed by atoms with Gasteiger partial charge in [-0.3, -0.25) is 9.59 Å². The van der Waals surface area contributed by atoms with E-state index in [1.807, 2.05) is 48.5 Å². The number of nitrogens with two attached hydrogens (primary N) is 1. The second-order valence-corrected chi connectivity index (χ2v) is 6.26. The van der Waals surface area contributed by atoms with Crippen LogP contribution in [0.1, 0.15) is 39.4 Å². The lowest BCUT2D eigenvalue weighted by Crippen LogP contribution is -2.19. The third-order valence-electron chi connectivity index (χ3n) is 4.57. The zero-order chi connectivity index (χ0) is 17.1. The van der Waals surface area contributed by atoms with Crippen LogP contribution in [0.3, 0.4) is 0 Å². The van der Waals surface area contributed by atoms with Gasteiger partial charge in [-0.05, 0) is 35.6 Å². The summed E-state index contributed by atoms with van der Waals surface area (Å²) in [5.41, 5.74) is 9.80. The van der Waals surface area contributed by atoms with E-state index < -0.39 is 5.92 Å². The number of carbonyl (C=O) groups is 2. The molecule has 0 bridgehead atoms. The number of Topliss-reactive ketones (excluding diaryl/α,β-unsaturated/α-hetero) is 1. The maximum absolute atomic E-state index is 13.0. The topological polar surface area (TPSA) is 69.4 Å². The van der Waals surface area contributed by atoms with Gasteiger partial charge in [-0.15, -0.1) is 0 Å². The molecule has 2 atom stereocenters. The molecule has 4 heteroatoms. The highest BCUT2D eigenvalue weighted by atomic mass is 16.5.